The number of ether oxygens (including phenoxy) is 2. The van der Waals surface area contributed by atoms with Crippen LogP contribution < -0.4 is 14.9 Å². The first-order chi connectivity index (χ1) is 11.7. The van der Waals surface area contributed by atoms with Crippen molar-refractivity contribution in [2.24, 2.45) is 5.10 Å². The molecule has 1 N–H and O–H groups in total. The Hall–Kier alpha value is -2.58. The van der Waals surface area contributed by atoms with Crippen LogP contribution in [0.3, 0.4) is 0 Å². The lowest BCUT2D eigenvalue weighted by atomic mass is 10.2. The summed E-state index contributed by atoms with van der Waals surface area (Å²) >= 11 is 7.52. The Kier molecular flexibility index (Phi) is 3.83. The van der Waals surface area contributed by atoms with Crippen LogP contribution in [0.5, 0.6) is 11.5 Å². The van der Waals surface area contributed by atoms with Gasteiger partial charge in [0.2, 0.25) is 6.10 Å². The van der Waals surface area contributed by atoms with Crippen LogP contribution in [0.4, 0.5) is 0 Å². The van der Waals surface area contributed by atoms with E-state index in [0.717, 1.165) is 4.96 Å². The van der Waals surface area contributed by atoms with Crippen LogP contribution in [0.2, 0.25) is 5.15 Å². The number of hydrogen-bond donors (Lipinski definition) is 1. The number of thiazole rings is 1. The van der Waals surface area contributed by atoms with Gasteiger partial charge in [0, 0.05) is 11.6 Å². The van der Waals surface area contributed by atoms with Crippen molar-refractivity contribution >= 4 is 40.0 Å². The number of carbonyl (C=O) groups is 1. The number of hydrogen-bond acceptors (Lipinski definition) is 6. The van der Waals surface area contributed by atoms with Gasteiger partial charge in [-0.15, -0.1) is 11.3 Å². The molecule has 0 radical (unpaired) electrons. The fourth-order valence-corrected chi connectivity index (χ4v) is 3.26. The van der Waals surface area contributed by atoms with Gasteiger partial charge in [0.15, 0.2) is 21.6 Å². The van der Waals surface area contributed by atoms with E-state index >= 15 is 0 Å². The van der Waals surface area contributed by atoms with Crippen LogP contribution >= 0.6 is 22.9 Å². The number of nitrogens with one attached hydrogen (secondary N) is 1. The molecule has 4 rings (SSSR count). The molecular weight excluding hydrogens is 352 g/mol. The normalized spacial score (nSPS) is 16.6. The molecule has 1 aliphatic rings. The van der Waals surface area contributed by atoms with E-state index in [-0.39, 0.29) is 6.61 Å². The lowest BCUT2D eigenvalue weighted by molar-refractivity contribution is -0.130. The van der Waals surface area contributed by atoms with Crippen LogP contribution in [0.1, 0.15) is 5.69 Å². The van der Waals surface area contributed by atoms with E-state index in [2.05, 4.69) is 15.5 Å². The Labute approximate surface area is 145 Å². The zero-order valence-electron chi connectivity index (χ0n) is 12.2. The predicted octanol–water partition coefficient (Wildman–Crippen LogP) is 2.34. The molecule has 1 aliphatic heterocycles. The van der Waals surface area contributed by atoms with Crippen molar-refractivity contribution in [1.29, 1.82) is 0 Å². The average Bonchev–Trinajstić information content (AvgIpc) is 3.16. The third-order valence-electron chi connectivity index (χ3n) is 3.42. The monoisotopic (exact) mass is 362 g/mol. The first-order valence-electron chi connectivity index (χ1n) is 7.05. The van der Waals surface area contributed by atoms with Crippen molar-refractivity contribution < 1.29 is 14.3 Å². The van der Waals surface area contributed by atoms with Crippen LogP contribution in [-0.4, -0.2) is 34.2 Å². The minimum Gasteiger partial charge on any atom is -0.485 e. The van der Waals surface area contributed by atoms with Gasteiger partial charge in [-0.2, -0.15) is 5.10 Å². The minimum absolute atomic E-state index is 0.126. The third-order valence-corrected chi connectivity index (χ3v) is 4.45. The van der Waals surface area contributed by atoms with Crippen molar-refractivity contribution in [3.8, 4) is 11.5 Å². The largest absolute Gasteiger partial charge is 0.485 e. The predicted molar refractivity (Wildman–Crippen MR) is 90.2 cm³/mol. The van der Waals surface area contributed by atoms with Crippen molar-refractivity contribution in [2.45, 2.75) is 6.10 Å². The summed E-state index contributed by atoms with van der Waals surface area (Å²) in [5, 5.41) is 6.15. The number of carbonyl (C=O) groups excluding carboxylic acids is 1. The highest BCUT2D eigenvalue weighted by molar-refractivity contribution is 7.15. The summed E-state index contributed by atoms with van der Waals surface area (Å²) in [6, 6.07) is 7.19. The van der Waals surface area contributed by atoms with E-state index in [1.165, 1.54) is 17.6 Å². The van der Waals surface area contributed by atoms with E-state index < -0.39 is 12.0 Å². The molecule has 24 heavy (non-hydrogen) atoms. The van der Waals surface area contributed by atoms with Crippen molar-refractivity contribution in [1.82, 2.24) is 14.8 Å². The van der Waals surface area contributed by atoms with Gasteiger partial charge in [0.05, 0.1) is 6.21 Å². The topological polar surface area (TPSA) is 77.2 Å². The first-order valence-corrected chi connectivity index (χ1v) is 8.30. The molecule has 3 heterocycles. The summed E-state index contributed by atoms with van der Waals surface area (Å²) in [5.74, 6) is 0.755. The lowest BCUT2D eigenvalue weighted by Gasteiger charge is -2.24. The maximum Gasteiger partial charge on any atom is 0.284 e. The first kappa shape index (κ1) is 15.0. The molecule has 0 saturated carbocycles. The quantitative estimate of drug-likeness (QED) is 0.573. The third kappa shape index (κ3) is 2.70. The number of amides is 1. The Balaban J connectivity index is 1.44. The van der Waals surface area contributed by atoms with E-state index in [9.17, 15) is 4.79 Å². The summed E-state index contributed by atoms with van der Waals surface area (Å²) in [5.41, 5.74) is 3.03. The van der Waals surface area contributed by atoms with Crippen LogP contribution in [0.25, 0.3) is 4.96 Å². The van der Waals surface area contributed by atoms with Crippen molar-refractivity contribution in [2.75, 3.05) is 6.61 Å². The molecule has 0 aliphatic carbocycles. The zero-order chi connectivity index (χ0) is 16.5. The molecule has 0 saturated heterocycles. The fourth-order valence-electron chi connectivity index (χ4n) is 2.27. The van der Waals surface area contributed by atoms with Crippen molar-refractivity contribution in [3.63, 3.8) is 0 Å². The van der Waals surface area contributed by atoms with Gasteiger partial charge >= 0.3 is 0 Å². The molecule has 1 amide bonds. The second-order valence-corrected chi connectivity index (χ2v) is 6.17. The number of halogens is 1. The summed E-state index contributed by atoms with van der Waals surface area (Å²) in [4.78, 5) is 17.1. The number of hydrazone groups is 1. The maximum absolute atomic E-state index is 12.2. The van der Waals surface area contributed by atoms with Gasteiger partial charge in [-0.25, -0.2) is 10.4 Å². The second kappa shape index (κ2) is 6.14. The fraction of sp³-hybridized carbons (Fsp3) is 0.133. The lowest BCUT2D eigenvalue weighted by Crippen LogP contribution is -2.42. The van der Waals surface area contributed by atoms with E-state index in [0.29, 0.717) is 22.3 Å². The molecule has 0 fully saturated rings. The van der Waals surface area contributed by atoms with Gasteiger partial charge < -0.3 is 9.47 Å². The van der Waals surface area contributed by atoms with Crippen LogP contribution in [0, 0.1) is 0 Å². The molecule has 9 heteroatoms. The summed E-state index contributed by atoms with van der Waals surface area (Å²) in [6.45, 7) is 0.126. The number of rotatable bonds is 3. The number of imidazole rings is 1. The molecule has 0 bridgehead atoms. The van der Waals surface area contributed by atoms with Gasteiger partial charge in [-0.1, -0.05) is 23.7 Å². The molecule has 1 aromatic carbocycles. The van der Waals surface area contributed by atoms with E-state index in [4.69, 9.17) is 21.1 Å². The number of fused-ring (bicyclic) bond motifs is 2. The SMILES string of the molecule is O=C(N/N=C/c1c(Cl)nc2sccn12)C1COc2ccccc2O1. The number of nitrogens with zero attached hydrogens (tertiary/aromatic N) is 3. The zero-order valence-corrected chi connectivity index (χ0v) is 13.8. The molecule has 7 nitrogen and oxygen atoms in total. The smallest absolute Gasteiger partial charge is 0.284 e. The minimum atomic E-state index is -0.765. The molecule has 1 atom stereocenters. The standard InChI is InChI=1S/C15H11ClN4O3S/c16-13-9(20-5-6-24-15(20)18-13)7-17-19-14(21)12-8-22-10-3-1-2-4-11(10)23-12/h1-7,12H,8H2,(H,19,21)/b17-7+. The highest BCUT2D eigenvalue weighted by Crippen LogP contribution is 2.30. The number of benzene rings is 1. The highest BCUT2D eigenvalue weighted by atomic mass is 35.5. The van der Waals surface area contributed by atoms with Crippen LogP contribution in [-0.2, 0) is 4.79 Å². The molecule has 0 spiro atoms. The van der Waals surface area contributed by atoms with Gasteiger partial charge in [0.1, 0.15) is 12.3 Å². The second-order valence-electron chi connectivity index (χ2n) is 4.94. The maximum atomic E-state index is 12.2. The molecule has 2 aromatic heterocycles. The van der Waals surface area contributed by atoms with E-state index in [1.54, 1.807) is 16.5 Å². The van der Waals surface area contributed by atoms with Gasteiger partial charge in [0.25, 0.3) is 5.91 Å². The summed E-state index contributed by atoms with van der Waals surface area (Å²) in [7, 11) is 0. The molecule has 1 unspecified atom stereocenters. The van der Waals surface area contributed by atoms with Gasteiger partial charge in [-0.05, 0) is 12.1 Å². The Morgan fingerprint density at radius 3 is 3.17 bits per heavy atom. The summed E-state index contributed by atoms with van der Waals surface area (Å²) in [6.07, 6.45) is 2.51. The highest BCUT2D eigenvalue weighted by Gasteiger charge is 2.27. The number of aromatic nitrogens is 2. The van der Waals surface area contributed by atoms with Crippen molar-refractivity contribution in [3.05, 3.63) is 46.7 Å². The number of para-hydroxylation sites is 2. The Morgan fingerprint density at radius 2 is 2.29 bits per heavy atom. The molecule has 3 aromatic rings. The molecular formula is C15H11ClN4O3S. The van der Waals surface area contributed by atoms with Gasteiger partial charge in [-0.3, -0.25) is 9.20 Å². The van der Waals surface area contributed by atoms with E-state index in [1.807, 2.05) is 23.7 Å². The summed E-state index contributed by atoms with van der Waals surface area (Å²) < 4.78 is 12.9. The average molecular weight is 363 g/mol. The Morgan fingerprint density at radius 1 is 1.46 bits per heavy atom. The Bertz CT molecular complexity index is 936. The molecule has 122 valence electrons. The van der Waals surface area contributed by atoms with Crippen LogP contribution in [0.15, 0.2) is 40.9 Å².